The van der Waals surface area contributed by atoms with Crippen molar-refractivity contribution in [1.82, 2.24) is 0 Å². The zero-order valence-electron chi connectivity index (χ0n) is 16.7. The largest absolute Gasteiger partial charge is 0.481 e. The lowest BCUT2D eigenvalue weighted by Gasteiger charge is -2.61. The van der Waals surface area contributed by atoms with Crippen molar-refractivity contribution in [1.29, 1.82) is 0 Å². The highest BCUT2D eigenvalue weighted by Gasteiger charge is 2.66. The molecule has 4 saturated carbocycles. The van der Waals surface area contributed by atoms with Crippen molar-refractivity contribution in [2.24, 2.45) is 46.3 Å². The molecule has 5 heteroatoms. The van der Waals surface area contributed by atoms with Crippen LogP contribution in [0.1, 0.15) is 65.7 Å². The number of aliphatic hydroxyl groups excluding tert-OH is 2. The molecule has 0 unspecified atom stereocenters. The van der Waals surface area contributed by atoms with E-state index in [1.807, 2.05) is 6.92 Å². The maximum atomic E-state index is 13.5. The minimum Gasteiger partial charge on any atom is -0.481 e. The lowest BCUT2D eigenvalue weighted by molar-refractivity contribution is -0.182. The number of ketones is 1. The number of aliphatic hydroxyl groups is 2. The summed E-state index contributed by atoms with van der Waals surface area (Å²) in [6, 6.07) is 0. The van der Waals surface area contributed by atoms with Gasteiger partial charge < -0.3 is 15.3 Å². The average molecular weight is 379 g/mol. The molecular formula is C22H34O5. The fourth-order valence-electron chi connectivity index (χ4n) is 7.93. The van der Waals surface area contributed by atoms with Gasteiger partial charge in [0.05, 0.1) is 18.1 Å². The predicted molar refractivity (Wildman–Crippen MR) is 99.8 cm³/mol. The van der Waals surface area contributed by atoms with E-state index in [2.05, 4.69) is 6.92 Å². The van der Waals surface area contributed by atoms with Crippen LogP contribution in [0.25, 0.3) is 0 Å². The van der Waals surface area contributed by atoms with Crippen LogP contribution in [0.3, 0.4) is 0 Å². The molecule has 4 fully saturated rings. The Bertz CT molecular complexity index is 647. The molecule has 0 aliphatic heterocycles. The molecule has 0 amide bonds. The highest BCUT2D eigenvalue weighted by atomic mass is 16.4. The highest BCUT2D eigenvalue weighted by molar-refractivity contribution is 5.88. The van der Waals surface area contributed by atoms with Gasteiger partial charge >= 0.3 is 5.97 Å². The molecule has 27 heavy (non-hydrogen) atoms. The summed E-state index contributed by atoms with van der Waals surface area (Å²) in [7, 11) is 0. The van der Waals surface area contributed by atoms with Crippen molar-refractivity contribution in [3.63, 3.8) is 0 Å². The van der Waals surface area contributed by atoms with Crippen LogP contribution < -0.4 is 0 Å². The van der Waals surface area contributed by atoms with Gasteiger partial charge in [-0.1, -0.05) is 20.8 Å². The summed E-state index contributed by atoms with van der Waals surface area (Å²) < 4.78 is 0. The van der Waals surface area contributed by atoms with Gasteiger partial charge in [-0.15, -0.1) is 0 Å². The zero-order valence-corrected chi connectivity index (χ0v) is 16.7. The van der Waals surface area contributed by atoms with Gasteiger partial charge in [-0.25, -0.2) is 0 Å². The third-order valence-corrected chi connectivity index (χ3v) is 9.58. The highest BCUT2D eigenvalue weighted by Crippen LogP contribution is 2.67. The summed E-state index contributed by atoms with van der Waals surface area (Å²) >= 11 is 0. The van der Waals surface area contributed by atoms with Gasteiger partial charge in [0.25, 0.3) is 0 Å². The lowest BCUT2D eigenvalue weighted by Crippen LogP contribution is -2.61. The summed E-state index contributed by atoms with van der Waals surface area (Å²) in [5, 5.41) is 30.8. The van der Waals surface area contributed by atoms with E-state index in [0.717, 1.165) is 32.1 Å². The van der Waals surface area contributed by atoms with Crippen LogP contribution in [-0.4, -0.2) is 39.3 Å². The molecule has 0 aromatic rings. The number of hydrogen-bond acceptors (Lipinski definition) is 4. The third-order valence-electron chi connectivity index (χ3n) is 9.58. The standard InChI is InChI=1S/C22H34O5/c1-11(20(26)27)14-4-5-15-19-16(10-18(25)22(14,15)3)21(2)7-6-13(23)8-12(21)9-17(19)24/h11-17,19,23-24H,4-10H2,1-3H3,(H,26,27)/t11-,12-,13+,14+,15-,16-,17+,19-,21-,22+/m0/s1. The summed E-state index contributed by atoms with van der Waals surface area (Å²) in [5.74, 6) is -0.703. The number of fused-ring (bicyclic) bond motifs is 5. The van der Waals surface area contributed by atoms with E-state index in [0.29, 0.717) is 12.8 Å². The molecule has 4 rings (SSSR count). The fourth-order valence-corrected chi connectivity index (χ4v) is 7.93. The van der Waals surface area contributed by atoms with Gasteiger partial charge in [0.15, 0.2) is 0 Å². The summed E-state index contributed by atoms with van der Waals surface area (Å²) in [6.07, 6.45) is 4.44. The van der Waals surface area contributed by atoms with Gasteiger partial charge in [0.1, 0.15) is 5.78 Å². The monoisotopic (exact) mass is 378 g/mol. The Morgan fingerprint density at radius 1 is 1.11 bits per heavy atom. The molecule has 0 saturated heterocycles. The molecule has 3 N–H and O–H groups in total. The number of aliphatic carboxylic acids is 1. The SMILES string of the molecule is C[C@H](C(=O)O)[C@H]1CC[C@H]2[C@@H]3[C@H](O)C[C@@H]4C[C@H](O)CC[C@]4(C)[C@H]3CC(=O)[C@]12C. The van der Waals surface area contributed by atoms with Gasteiger partial charge in [-0.05, 0) is 73.5 Å². The minimum absolute atomic E-state index is 0.00336. The first-order chi connectivity index (χ1) is 12.6. The van der Waals surface area contributed by atoms with E-state index in [9.17, 15) is 24.9 Å². The van der Waals surface area contributed by atoms with E-state index in [-0.39, 0.29) is 46.9 Å². The van der Waals surface area contributed by atoms with Crippen molar-refractivity contribution in [3.8, 4) is 0 Å². The Morgan fingerprint density at radius 2 is 1.81 bits per heavy atom. The molecule has 4 aliphatic rings. The maximum absolute atomic E-state index is 13.5. The lowest BCUT2D eigenvalue weighted by atomic mass is 9.43. The fraction of sp³-hybridized carbons (Fsp3) is 0.909. The molecular weight excluding hydrogens is 344 g/mol. The molecule has 5 nitrogen and oxygen atoms in total. The summed E-state index contributed by atoms with van der Waals surface area (Å²) in [4.78, 5) is 25.1. The van der Waals surface area contributed by atoms with Crippen LogP contribution in [0, 0.1) is 46.3 Å². The van der Waals surface area contributed by atoms with Crippen molar-refractivity contribution < 1.29 is 24.9 Å². The molecule has 0 radical (unpaired) electrons. The van der Waals surface area contributed by atoms with Crippen molar-refractivity contribution in [2.75, 3.05) is 0 Å². The molecule has 0 aromatic carbocycles. The molecule has 0 spiro atoms. The Kier molecular flexibility index (Phi) is 4.51. The Morgan fingerprint density at radius 3 is 2.48 bits per heavy atom. The van der Waals surface area contributed by atoms with Crippen molar-refractivity contribution >= 4 is 11.8 Å². The van der Waals surface area contributed by atoms with E-state index >= 15 is 0 Å². The predicted octanol–water partition coefficient (Wildman–Crippen LogP) is 2.88. The van der Waals surface area contributed by atoms with Gasteiger partial charge in [-0.2, -0.15) is 0 Å². The van der Waals surface area contributed by atoms with Crippen molar-refractivity contribution in [3.05, 3.63) is 0 Å². The van der Waals surface area contributed by atoms with Crippen LogP contribution in [0.4, 0.5) is 0 Å². The topological polar surface area (TPSA) is 94.8 Å². The first-order valence-corrected chi connectivity index (χ1v) is 10.7. The molecule has 10 atom stereocenters. The van der Waals surface area contributed by atoms with Gasteiger partial charge in [0, 0.05) is 11.8 Å². The number of carbonyl (C=O) groups excluding carboxylic acids is 1. The quantitative estimate of drug-likeness (QED) is 0.687. The van der Waals surface area contributed by atoms with Crippen LogP contribution >= 0.6 is 0 Å². The molecule has 0 bridgehead atoms. The van der Waals surface area contributed by atoms with E-state index in [1.165, 1.54) is 0 Å². The second-order valence-electron chi connectivity index (χ2n) is 10.4. The minimum atomic E-state index is -0.825. The van der Waals surface area contributed by atoms with Crippen LogP contribution in [-0.2, 0) is 9.59 Å². The third kappa shape index (κ3) is 2.57. The first-order valence-electron chi connectivity index (χ1n) is 10.7. The maximum Gasteiger partial charge on any atom is 0.306 e. The number of carboxylic acids is 1. The van der Waals surface area contributed by atoms with Crippen LogP contribution in [0.15, 0.2) is 0 Å². The second kappa shape index (κ2) is 6.28. The normalized spacial score (nSPS) is 53.2. The first kappa shape index (κ1) is 19.4. The zero-order chi connectivity index (χ0) is 19.7. The van der Waals surface area contributed by atoms with Gasteiger partial charge in [-0.3, -0.25) is 9.59 Å². The Labute approximate surface area is 161 Å². The van der Waals surface area contributed by atoms with E-state index < -0.39 is 23.4 Å². The van der Waals surface area contributed by atoms with Crippen molar-refractivity contribution in [2.45, 2.75) is 77.9 Å². The molecule has 4 aliphatic carbocycles. The Balaban J connectivity index is 1.70. The summed E-state index contributed by atoms with van der Waals surface area (Å²) in [5.41, 5.74) is -0.631. The molecule has 0 aromatic heterocycles. The summed E-state index contributed by atoms with van der Waals surface area (Å²) in [6.45, 7) is 5.99. The van der Waals surface area contributed by atoms with Gasteiger partial charge in [0.2, 0.25) is 0 Å². The molecule has 0 heterocycles. The average Bonchev–Trinajstić information content (AvgIpc) is 2.95. The van der Waals surface area contributed by atoms with E-state index in [1.54, 1.807) is 6.92 Å². The van der Waals surface area contributed by atoms with Crippen LogP contribution in [0.5, 0.6) is 0 Å². The number of hydrogen-bond donors (Lipinski definition) is 3. The Hall–Kier alpha value is -0.940. The number of rotatable bonds is 2. The molecule has 152 valence electrons. The number of carboxylic acid groups (broad SMARTS) is 1. The second-order valence-corrected chi connectivity index (χ2v) is 10.4. The smallest absolute Gasteiger partial charge is 0.306 e. The number of carbonyl (C=O) groups is 2. The van der Waals surface area contributed by atoms with E-state index in [4.69, 9.17) is 0 Å². The number of Topliss-reactive ketones (excluding diaryl/α,β-unsaturated/α-hetero) is 1. The van der Waals surface area contributed by atoms with Crippen LogP contribution in [0.2, 0.25) is 0 Å².